The molecule has 0 saturated carbocycles. The number of rotatable bonds is 4. The second-order valence-electron chi connectivity index (χ2n) is 1.52. The lowest BCUT2D eigenvalue weighted by Gasteiger charge is -1.99. The van der Waals surface area contributed by atoms with Gasteiger partial charge in [-0.15, -0.1) is 11.8 Å². The van der Waals surface area contributed by atoms with E-state index in [1.807, 2.05) is 7.05 Å². The highest BCUT2D eigenvalue weighted by atomic mass is 32.2. The number of thioether (sulfide) groups is 1. The van der Waals surface area contributed by atoms with Gasteiger partial charge < -0.3 is 5.32 Å². The first-order chi connectivity index (χ1) is 3.81. The summed E-state index contributed by atoms with van der Waals surface area (Å²) in [7, 11) is 1.89. The summed E-state index contributed by atoms with van der Waals surface area (Å²) in [6.45, 7) is 5.93. The summed E-state index contributed by atoms with van der Waals surface area (Å²) in [4.78, 5) is 0. The Hall–Kier alpha value is -0.110. The van der Waals surface area contributed by atoms with Gasteiger partial charge in [-0.25, -0.2) is 0 Å². The Balaban J connectivity index is 2.99. The van der Waals surface area contributed by atoms with E-state index in [1.54, 1.807) is 11.8 Å². The SMILES string of the molecule is C=C(NC)SCCC. The van der Waals surface area contributed by atoms with E-state index in [9.17, 15) is 0 Å². The molecular formula is C6H13NS. The average molecular weight is 131 g/mol. The lowest BCUT2D eigenvalue weighted by atomic mass is 10.6. The summed E-state index contributed by atoms with van der Waals surface area (Å²) in [6, 6.07) is 0. The normalized spacial score (nSPS) is 8.75. The predicted octanol–water partition coefficient (Wildman–Crippen LogP) is 1.82. The number of nitrogens with one attached hydrogen (secondary N) is 1. The van der Waals surface area contributed by atoms with Crippen LogP contribution in [0.1, 0.15) is 13.3 Å². The molecule has 0 aromatic carbocycles. The van der Waals surface area contributed by atoms with Gasteiger partial charge in [0.2, 0.25) is 0 Å². The van der Waals surface area contributed by atoms with E-state index in [2.05, 4.69) is 18.8 Å². The van der Waals surface area contributed by atoms with Crippen molar-refractivity contribution in [3.05, 3.63) is 11.6 Å². The van der Waals surface area contributed by atoms with Gasteiger partial charge in [-0.05, 0) is 12.2 Å². The fraction of sp³-hybridized carbons (Fsp3) is 0.667. The molecule has 0 heterocycles. The molecule has 2 heteroatoms. The highest BCUT2D eigenvalue weighted by molar-refractivity contribution is 8.02. The fourth-order valence-electron chi connectivity index (χ4n) is 0.297. The molecule has 0 amide bonds. The highest BCUT2D eigenvalue weighted by Gasteiger charge is 1.85. The maximum absolute atomic E-state index is 3.76. The monoisotopic (exact) mass is 131 g/mol. The lowest BCUT2D eigenvalue weighted by molar-refractivity contribution is 1.07. The third kappa shape index (κ3) is 4.06. The van der Waals surface area contributed by atoms with Gasteiger partial charge >= 0.3 is 0 Å². The van der Waals surface area contributed by atoms with Gasteiger partial charge in [0.15, 0.2) is 0 Å². The molecule has 0 aromatic heterocycles. The van der Waals surface area contributed by atoms with Crippen LogP contribution in [-0.2, 0) is 0 Å². The second kappa shape index (κ2) is 5.04. The predicted molar refractivity (Wildman–Crippen MR) is 40.9 cm³/mol. The summed E-state index contributed by atoms with van der Waals surface area (Å²) in [6.07, 6.45) is 1.21. The van der Waals surface area contributed by atoms with Crippen LogP contribution in [0.4, 0.5) is 0 Å². The quantitative estimate of drug-likeness (QED) is 0.624. The van der Waals surface area contributed by atoms with Crippen LogP contribution in [0.25, 0.3) is 0 Å². The maximum Gasteiger partial charge on any atom is 0.0605 e. The summed E-state index contributed by atoms with van der Waals surface area (Å²) in [5.74, 6) is 1.17. The molecule has 0 fully saturated rings. The van der Waals surface area contributed by atoms with Gasteiger partial charge in [-0.1, -0.05) is 13.5 Å². The van der Waals surface area contributed by atoms with Crippen molar-refractivity contribution in [2.24, 2.45) is 0 Å². The largest absolute Gasteiger partial charge is 0.383 e. The molecule has 0 atom stereocenters. The van der Waals surface area contributed by atoms with Gasteiger partial charge in [0.05, 0.1) is 5.03 Å². The molecule has 0 aliphatic heterocycles. The van der Waals surface area contributed by atoms with Crippen molar-refractivity contribution in [3.63, 3.8) is 0 Å². The van der Waals surface area contributed by atoms with Gasteiger partial charge in [0, 0.05) is 7.05 Å². The summed E-state index contributed by atoms with van der Waals surface area (Å²) in [5, 5.41) is 4.03. The Morgan fingerprint density at radius 1 is 1.75 bits per heavy atom. The molecule has 1 N–H and O–H groups in total. The Kier molecular flexibility index (Phi) is 4.97. The minimum Gasteiger partial charge on any atom is -0.383 e. The number of hydrogen-bond donors (Lipinski definition) is 1. The molecule has 0 spiro atoms. The van der Waals surface area contributed by atoms with Crippen LogP contribution >= 0.6 is 11.8 Å². The van der Waals surface area contributed by atoms with Crippen LogP contribution in [-0.4, -0.2) is 12.8 Å². The van der Waals surface area contributed by atoms with E-state index >= 15 is 0 Å². The fourth-order valence-corrected chi connectivity index (χ4v) is 0.892. The zero-order chi connectivity index (χ0) is 6.41. The van der Waals surface area contributed by atoms with E-state index in [-0.39, 0.29) is 0 Å². The standard InChI is InChI=1S/C6H13NS/c1-4-5-8-6(2)7-3/h7H,2,4-5H2,1,3H3. The Labute approximate surface area is 55.5 Å². The van der Waals surface area contributed by atoms with Crippen molar-refractivity contribution in [3.8, 4) is 0 Å². The van der Waals surface area contributed by atoms with Crippen molar-refractivity contribution in [2.45, 2.75) is 13.3 Å². The van der Waals surface area contributed by atoms with Gasteiger partial charge in [0.1, 0.15) is 0 Å². The van der Waals surface area contributed by atoms with E-state index in [4.69, 9.17) is 0 Å². The zero-order valence-corrected chi connectivity index (χ0v) is 6.35. The third-order valence-electron chi connectivity index (χ3n) is 0.759. The molecule has 0 bridgehead atoms. The van der Waals surface area contributed by atoms with Crippen LogP contribution in [0.2, 0.25) is 0 Å². The Morgan fingerprint density at radius 2 is 2.38 bits per heavy atom. The molecule has 0 aromatic rings. The smallest absolute Gasteiger partial charge is 0.0605 e. The first-order valence-corrected chi connectivity index (χ1v) is 3.79. The summed E-state index contributed by atoms with van der Waals surface area (Å²) >= 11 is 1.77. The molecule has 0 unspecified atom stereocenters. The average Bonchev–Trinajstić information content (AvgIpc) is 1.83. The minimum absolute atomic E-state index is 1.06. The molecule has 1 nitrogen and oxygen atoms in total. The van der Waals surface area contributed by atoms with Gasteiger partial charge in [-0.3, -0.25) is 0 Å². The van der Waals surface area contributed by atoms with Crippen LogP contribution in [0.15, 0.2) is 11.6 Å². The van der Waals surface area contributed by atoms with E-state index < -0.39 is 0 Å². The first-order valence-electron chi connectivity index (χ1n) is 2.80. The zero-order valence-electron chi connectivity index (χ0n) is 5.53. The molecule has 0 aliphatic rings. The Bertz CT molecular complexity index is 70.9. The van der Waals surface area contributed by atoms with Gasteiger partial charge in [0.25, 0.3) is 0 Å². The molecule has 0 rings (SSSR count). The molecule has 48 valence electrons. The van der Waals surface area contributed by atoms with E-state index in [1.165, 1.54) is 12.2 Å². The van der Waals surface area contributed by atoms with Crippen molar-refractivity contribution < 1.29 is 0 Å². The molecule has 0 radical (unpaired) electrons. The lowest BCUT2D eigenvalue weighted by Crippen LogP contribution is -2.00. The maximum atomic E-state index is 3.76. The summed E-state index contributed by atoms with van der Waals surface area (Å²) in [5.41, 5.74) is 0. The van der Waals surface area contributed by atoms with Crippen LogP contribution < -0.4 is 5.32 Å². The van der Waals surface area contributed by atoms with Crippen molar-refractivity contribution in [2.75, 3.05) is 12.8 Å². The van der Waals surface area contributed by atoms with E-state index in [0.29, 0.717) is 0 Å². The van der Waals surface area contributed by atoms with Crippen LogP contribution in [0, 0.1) is 0 Å². The molecular weight excluding hydrogens is 118 g/mol. The molecule has 0 saturated heterocycles. The second-order valence-corrected chi connectivity index (χ2v) is 2.71. The van der Waals surface area contributed by atoms with Crippen molar-refractivity contribution >= 4 is 11.8 Å². The first kappa shape index (κ1) is 7.89. The van der Waals surface area contributed by atoms with Crippen LogP contribution in [0.3, 0.4) is 0 Å². The third-order valence-corrected chi connectivity index (χ3v) is 1.92. The van der Waals surface area contributed by atoms with Crippen LogP contribution in [0.5, 0.6) is 0 Å². The number of hydrogen-bond acceptors (Lipinski definition) is 2. The van der Waals surface area contributed by atoms with Gasteiger partial charge in [-0.2, -0.15) is 0 Å². The van der Waals surface area contributed by atoms with E-state index in [0.717, 1.165) is 5.03 Å². The molecule has 8 heavy (non-hydrogen) atoms. The van der Waals surface area contributed by atoms with Crippen molar-refractivity contribution in [1.29, 1.82) is 0 Å². The molecule has 0 aliphatic carbocycles. The minimum atomic E-state index is 1.06. The summed E-state index contributed by atoms with van der Waals surface area (Å²) < 4.78 is 0. The topological polar surface area (TPSA) is 12.0 Å². The highest BCUT2D eigenvalue weighted by Crippen LogP contribution is 2.09. The van der Waals surface area contributed by atoms with Crippen molar-refractivity contribution in [1.82, 2.24) is 5.32 Å². The Morgan fingerprint density at radius 3 is 2.75 bits per heavy atom.